The topological polar surface area (TPSA) is 42.2 Å². The van der Waals surface area contributed by atoms with E-state index in [9.17, 15) is 0 Å². The van der Waals surface area contributed by atoms with Gasteiger partial charge in [0, 0.05) is 17.8 Å². The van der Waals surface area contributed by atoms with E-state index < -0.39 is 0 Å². The average molecular weight is 216 g/mol. The minimum Gasteiger partial charge on any atom is -0.365 e. The van der Waals surface area contributed by atoms with Crippen LogP contribution in [0.4, 0.5) is 5.82 Å². The lowest BCUT2D eigenvalue weighted by atomic mass is 9.75. The maximum absolute atomic E-state index is 4.54. The van der Waals surface area contributed by atoms with Gasteiger partial charge in [-0.25, -0.2) is 9.50 Å². The van der Waals surface area contributed by atoms with Crippen molar-refractivity contribution in [3.05, 3.63) is 24.5 Å². The van der Waals surface area contributed by atoms with Gasteiger partial charge in [-0.1, -0.05) is 6.92 Å². The number of aromatic nitrogens is 3. The summed E-state index contributed by atoms with van der Waals surface area (Å²) < 4.78 is 1.78. The molecule has 2 aromatic rings. The first-order valence-corrected chi connectivity index (χ1v) is 5.90. The third-order valence-electron chi connectivity index (χ3n) is 3.64. The highest BCUT2D eigenvalue weighted by molar-refractivity contribution is 5.47. The Labute approximate surface area is 94.7 Å². The third-order valence-corrected chi connectivity index (χ3v) is 3.64. The number of fused-ring (bicyclic) bond motifs is 1. The van der Waals surface area contributed by atoms with E-state index in [0.717, 1.165) is 11.5 Å². The van der Waals surface area contributed by atoms with Gasteiger partial charge in [-0.2, -0.15) is 5.10 Å². The smallest absolute Gasteiger partial charge is 0.157 e. The first-order valence-electron chi connectivity index (χ1n) is 5.90. The van der Waals surface area contributed by atoms with Crippen LogP contribution in [0.3, 0.4) is 0 Å². The van der Waals surface area contributed by atoms with Gasteiger partial charge >= 0.3 is 0 Å². The van der Waals surface area contributed by atoms with Crippen LogP contribution in [0.15, 0.2) is 24.5 Å². The summed E-state index contributed by atoms with van der Waals surface area (Å²) in [6.45, 7) is 2.24. The second-order valence-electron chi connectivity index (χ2n) is 4.56. The molecule has 0 unspecified atom stereocenters. The van der Waals surface area contributed by atoms with E-state index in [0.29, 0.717) is 5.54 Å². The van der Waals surface area contributed by atoms with Crippen LogP contribution in [0.2, 0.25) is 0 Å². The van der Waals surface area contributed by atoms with Gasteiger partial charge in [0.25, 0.3) is 0 Å². The molecule has 4 heteroatoms. The highest BCUT2D eigenvalue weighted by atomic mass is 15.2. The summed E-state index contributed by atoms with van der Waals surface area (Å²) in [6, 6.07) is 3.92. The van der Waals surface area contributed by atoms with Crippen LogP contribution >= 0.6 is 0 Å². The Morgan fingerprint density at radius 1 is 1.44 bits per heavy atom. The third kappa shape index (κ3) is 1.45. The molecule has 1 saturated carbocycles. The van der Waals surface area contributed by atoms with E-state index in [-0.39, 0.29) is 0 Å². The lowest BCUT2D eigenvalue weighted by Crippen LogP contribution is -2.44. The van der Waals surface area contributed by atoms with Gasteiger partial charge in [0.2, 0.25) is 0 Å². The van der Waals surface area contributed by atoms with E-state index in [4.69, 9.17) is 0 Å². The van der Waals surface area contributed by atoms with Crippen molar-refractivity contribution in [3.8, 4) is 0 Å². The van der Waals surface area contributed by atoms with Crippen LogP contribution in [0.1, 0.15) is 32.6 Å². The van der Waals surface area contributed by atoms with Crippen molar-refractivity contribution in [3.63, 3.8) is 0 Å². The molecule has 2 heterocycles. The lowest BCUT2D eigenvalue weighted by molar-refractivity contribution is 0.269. The van der Waals surface area contributed by atoms with E-state index in [2.05, 4.69) is 22.3 Å². The Bertz CT molecular complexity index is 493. The molecule has 0 saturated heterocycles. The summed E-state index contributed by atoms with van der Waals surface area (Å²) in [5.41, 5.74) is 1.20. The Balaban J connectivity index is 1.88. The first-order chi connectivity index (χ1) is 7.81. The predicted octanol–water partition coefficient (Wildman–Crippen LogP) is 2.47. The van der Waals surface area contributed by atoms with Crippen LogP contribution in [-0.4, -0.2) is 20.1 Å². The molecule has 0 bridgehead atoms. The van der Waals surface area contributed by atoms with Crippen molar-refractivity contribution in [1.29, 1.82) is 0 Å². The van der Waals surface area contributed by atoms with Gasteiger partial charge in [0.15, 0.2) is 5.65 Å². The van der Waals surface area contributed by atoms with Gasteiger partial charge in [-0.05, 0) is 31.7 Å². The maximum Gasteiger partial charge on any atom is 0.157 e. The molecule has 4 nitrogen and oxygen atoms in total. The summed E-state index contributed by atoms with van der Waals surface area (Å²) in [4.78, 5) is 4.54. The molecule has 16 heavy (non-hydrogen) atoms. The van der Waals surface area contributed by atoms with Crippen molar-refractivity contribution in [2.75, 3.05) is 5.32 Å². The minimum atomic E-state index is 0.297. The number of nitrogens with one attached hydrogen (secondary N) is 1. The van der Waals surface area contributed by atoms with Crippen molar-refractivity contribution >= 4 is 11.5 Å². The fourth-order valence-corrected chi connectivity index (χ4v) is 2.32. The van der Waals surface area contributed by atoms with Crippen molar-refractivity contribution in [1.82, 2.24) is 14.6 Å². The maximum atomic E-state index is 4.54. The fraction of sp³-hybridized carbons (Fsp3) is 0.500. The summed E-state index contributed by atoms with van der Waals surface area (Å²) in [6.07, 6.45) is 8.73. The average Bonchev–Trinajstić information content (AvgIpc) is 2.70. The molecule has 0 aliphatic heterocycles. The van der Waals surface area contributed by atoms with E-state index >= 15 is 0 Å². The van der Waals surface area contributed by atoms with Gasteiger partial charge in [-0.15, -0.1) is 0 Å². The zero-order chi connectivity index (χ0) is 11.0. The number of anilines is 1. The molecule has 0 radical (unpaired) electrons. The molecule has 1 aliphatic rings. The van der Waals surface area contributed by atoms with Crippen molar-refractivity contribution < 1.29 is 0 Å². The molecule has 1 fully saturated rings. The zero-order valence-corrected chi connectivity index (χ0v) is 9.48. The highest BCUT2D eigenvalue weighted by Gasteiger charge is 2.35. The molecular formula is C12H16N4. The fourth-order valence-electron chi connectivity index (χ4n) is 2.32. The van der Waals surface area contributed by atoms with E-state index in [1.807, 2.05) is 18.3 Å². The molecule has 0 atom stereocenters. The minimum absolute atomic E-state index is 0.297. The van der Waals surface area contributed by atoms with E-state index in [1.54, 1.807) is 10.7 Å². The molecule has 1 N–H and O–H groups in total. The Hall–Kier alpha value is -1.58. The van der Waals surface area contributed by atoms with Gasteiger partial charge < -0.3 is 5.32 Å². The van der Waals surface area contributed by atoms with Crippen LogP contribution in [0.5, 0.6) is 0 Å². The van der Waals surface area contributed by atoms with Crippen molar-refractivity contribution in [2.45, 2.75) is 38.1 Å². The molecule has 2 aromatic heterocycles. The van der Waals surface area contributed by atoms with Gasteiger partial charge in [0.1, 0.15) is 5.82 Å². The Morgan fingerprint density at radius 3 is 3.00 bits per heavy atom. The van der Waals surface area contributed by atoms with Crippen molar-refractivity contribution in [2.24, 2.45) is 0 Å². The predicted molar refractivity (Wildman–Crippen MR) is 63.5 cm³/mol. The largest absolute Gasteiger partial charge is 0.365 e. The quantitative estimate of drug-likeness (QED) is 0.857. The molecule has 0 amide bonds. The SMILES string of the molecule is CCC1(Nc2ccn3nccc3n2)CCC1. The summed E-state index contributed by atoms with van der Waals surface area (Å²) in [5.74, 6) is 0.967. The van der Waals surface area contributed by atoms with E-state index in [1.165, 1.54) is 25.7 Å². The highest BCUT2D eigenvalue weighted by Crippen LogP contribution is 2.37. The molecular weight excluding hydrogens is 200 g/mol. The monoisotopic (exact) mass is 216 g/mol. The molecule has 0 spiro atoms. The van der Waals surface area contributed by atoms with Crippen LogP contribution in [-0.2, 0) is 0 Å². The van der Waals surface area contributed by atoms with Gasteiger partial charge in [0.05, 0.1) is 6.20 Å². The zero-order valence-electron chi connectivity index (χ0n) is 9.48. The summed E-state index contributed by atoms with van der Waals surface area (Å²) in [5, 5.41) is 7.71. The molecule has 1 aliphatic carbocycles. The number of hydrogen-bond acceptors (Lipinski definition) is 3. The summed E-state index contributed by atoms with van der Waals surface area (Å²) in [7, 11) is 0. The standard InChI is InChI=1S/C12H16N4/c1-2-12(6-3-7-12)15-10-5-9-16-11(14-10)4-8-13-16/h4-5,8-9H,2-3,6-7H2,1H3,(H,14,15). The summed E-state index contributed by atoms with van der Waals surface area (Å²) >= 11 is 0. The molecule has 84 valence electrons. The molecule has 3 rings (SSSR count). The number of rotatable bonds is 3. The van der Waals surface area contributed by atoms with Gasteiger partial charge in [-0.3, -0.25) is 0 Å². The Kier molecular flexibility index (Phi) is 2.09. The number of hydrogen-bond donors (Lipinski definition) is 1. The lowest BCUT2D eigenvalue weighted by Gasteiger charge is -2.42. The Morgan fingerprint density at radius 2 is 2.31 bits per heavy atom. The normalized spacial score (nSPS) is 18.3. The first kappa shape index (κ1) is 9.63. The second kappa shape index (κ2) is 3.47. The number of nitrogens with zero attached hydrogens (tertiary/aromatic N) is 3. The second-order valence-corrected chi connectivity index (χ2v) is 4.56. The van der Waals surface area contributed by atoms with Crippen LogP contribution in [0, 0.1) is 0 Å². The van der Waals surface area contributed by atoms with Crippen LogP contribution < -0.4 is 5.32 Å². The van der Waals surface area contributed by atoms with Crippen LogP contribution in [0.25, 0.3) is 5.65 Å². The molecule has 0 aromatic carbocycles.